The predicted octanol–water partition coefficient (Wildman–Crippen LogP) is 5.32. The van der Waals surface area contributed by atoms with Crippen molar-refractivity contribution in [2.75, 3.05) is 23.8 Å². The summed E-state index contributed by atoms with van der Waals surface area (Å²) in [6, 6.07) is 17.8. The van der Waals surface area contributed by atoms with E-state index in [-0.39, 0.29) is 12.5 Å². The molecule has 0 radical (unpaired) electrons. The lowest BCUT2D eigenvalue weighted by atomic mass is 10.1. The summed E-state index contributed by atoms with van der Waals surface area (Å²) in [6.45, 7) is 7.49. The third-order valence-corrected chi connectivity index (χ3v) is 8.02. The molecule has 7 nitrogen and oxygen atoms in total. The number of nitrogens with zero attached hydrogens (tertiary/aromatic N) is 1. The maximum atomic E-state index is 13.2. The zero-order valence-corrected chi connectivity index (χ0v) is 21.8. The number of aryl methyl sites for hydroxylation is 2. The lowest BCUT2D eigenvalue weighted by Gasteiger charge is -2.27. The number of sulfonamides is 1. The van der Waals surface area contributed by atoms with Gasteiger partial charge in [0.25, 0.3) is 5.91 Å². The van der Waals surface area contributed by atoms with Crippen LogP contribution in [0.4, 0.5) is 11.4 Å². The smallest absolute Gasteiger partial charge is 0.259 e. The summed E-state index contributed by atoms with van der Waals surface area (Å²) in [7, 11) is -0.531. The van der Waals surface area contributed by atoms with Gasteiger partial charge in [0.1, 0.15) is 11.5 Å². The number of anilines is 2. The van der Waals surface area contributed by atoms with Crippen LogP contribution in [0.2, 0.25) is 0 Å². The Kier molecular flexibility index (Phi) is 8.07. The molecule has 3 aromatic carbocycles. The summed E-state index contributed by atoms with van der Waals surface area (Å²) in [5.41, 5.74) is 4.47. The summed E-state index contributed by atoms with van der Waals surface area (Å²) in [6.07, 6.45) is 0. The van der Waals surface area contributed by atoms with E-state index in [1.807, 2.05) is 44.2 Å². The van der Waals surface area contributed by atoms with Crippen LogP contribution in [0.5, 0.6) is 11.5 Å². The summed E-state index contributed by atoms with van der Waals surface area (Å²) in [4.78, 5) is 12.8. The minimum absolute atomic E-state index is 0.181. The lowest BCUT2D eigenvalue weighted by molar-refractivity contribution is 0.102. The molecule has 0 heterocycles. The second-order valence-electron chi connectivity index (χ2n) is 8.59. The Hall–Kier alpha value is -3.52. The van der Waals surface area contributed by atoms with E-state index in [0.717, 1.165) is 16.7 Å². The molecule has 35 heavy (non-hydrogen) atoms. The summed E-state index contributed by atoms with van der Waals surface area (Å²) >= 11 is 0. The van der Waals surface area contributed by atoms with Crippen molar-refractivity contribution < 1.29 is 22.7 Å². The maximum absolute atomic E-state index is 13.2. The van der Waals surface area contributed by atoms with Crippen LogP contribution in [0.25, 0.3) is 0 Å². The average molecular weight is 497 g/mol. The molecule has 0 aliphatic heterocycles. The normalized spacial score (nSPS) is 11.3. The number of rotatable bonds is 9. The Labute approximate surface area is 207 Å². The fourth-order valence-electron chi connectivity index (χ4n) is 3.51. The van der Waals surface area contributed by atoms with Crippen LogP contribution in [0.3, 0.4) is 0 Å². The fraction of sp³-hybridized carbons (Fsp3) is 0.296. The van der Waals surface area contributed by atoms with Crippen molar-refractivity contribution in [3.63, 3.8) is 0 Å². The lowest BCUT2D eigenvalue weighted by Crippen LogP contribution is -2.36. The van der Waals surface area contributed by atoms with Gasteiger partial charge in [-0.25, -0.2) is 8.42 Å². The molecule has 0 aliphatic rings. The number of carbonyl (C=O) groups is 1. The Balaban J connectivity index is 1.84. The van der Waals surface area contributed by atoms with Crippen LogP contribution in [-0.4, -0.2) is 33.8 Å². The van der Waals surface area contributed by atoms with E-state index in [0.29, 0.717) is 28.4 Å². The zero-order chi connectivity index (χ0) is 25.8. The number of amides is 1. The molecule has 1 amide bonds. The molecule has 186 valence electrons. The van der Waals surface area contributed by atoms with E-state index >= 15 is 0 Å². The Bertz CT molecular complexity index is 1300. The summed E-state index contributed by atoms with van der Waals surface area (Å²) < 4.78 is 38.3. The van der Waals surface area contributed by atoms with E-state index in [1.165, 1.54) is 18.5 Å². The second-order valence-corrected chi connectivity index (χ2v) is 11.0. The highest BCUT2D eigenvalue weighted by atomic mass is 32.2. The summed E-state index contributed by atoms with van der Waals surface area (Å²) in [5.74, 6) is 0.639. The van der Waals surface area contributed by atoms with Crippen molar-refractivity contribution in [1.82, 2.24) is 0 Å². The summed E-state index contributed by atoms with van der Waals surface area (Å²) in [5, 5.41) is 2.28. The van der Waals surface area contributed by atoms with Crippen LogP contribution in [0, 0.1) is 13.8 Å². The highest BCUT2D eigenvalue weighted by Gasteiger charge is 2.26. The van der Waals surface area contributed by atoms with Gasteiger partial charge in [0, 0.05) is 5.69 Å². The SMILES string of the molecule is COc1ccc(OC)c(C(=O)Nc2ccc(CN(c3ccc(C)c(C)c3)S(=O)(=O)C(C)C)cc2)c1. The number of ether oxygens (including phenoxy) is 2. The molecule has 0 saturated carbocycles. The van der Waals surface area contributed by atoms with Crippen LogP contribution in [0.1, 0.15) is 40.9 Å². The number of nitrogens with one attached hydrogen (secondary N) is 1. The van der Waals surface area contributed by atoms with Crippen molar-refractivity contribution in [3.05, 3.63) is 82.9 Å². The van der Waals surface area contributed by atoms with E-state index in [2.05, 4.69) is 5.32 Å². The first-order chi connectivity index (χ1) is 16.6. The van der Waals surface area contributed by atoms with Gasteiger partial charge < -0.3 is 14.8 Å². The number of carbonyl (C=O) groups excluding carboxylic acids is 1. The molecule has 0 unspecified atom stereocenters. The number of hydrogen-bond donors (Lipinski definition) is 1. The number of benzene rings is 3. The van der Waals surface area contributed by atoms with Crippen LogP contribution >= 0.6 is 0 Å². The first-order valence-electron chi connectivity index (χ1n) is 11.3. The monoisotopic (exact) mass is 496 g/mol. The molecule has 0 saturated heterocycles. The molecular formula is C27H32N2O5S. The predicted molar refractivity (Wildman–Crippen MR) is 140 cm³/mol. The van der Waals surface area contributed by atoms with Gasteiger partial charge in [0.05, 0.1) is 37.3 Å². The standard InChI is InChI=1S/C27H32N2O5S/c1-18(2)35(31,32)29(23-12-7-19(3)20(4)15-23)17-21-8-10-22(11-9-21)28-27(30)25-16-24(33-5)13-14-26(25)34-6/h7-16,18H,17H2,1-6H3,(H,28,30). The van der Waals surface area contributed by atoms with Crippen molar-refractivity contribution in [1.29, 1.82) is 0 Å². The van der Waals surface area contributed by atoms with Gasteiger partial charge in [0.2, 0.25) is 10.0 Å². The molecule has 0 aromatic heterocycles. The first kappa shape index (κ1) is 26.1. The zero-order valence-electron chi connectivity index (χ0n) is 21.0. The van der Waals surface area contributed by atoms with Crippen LogP contribution in [0.15, 0.2) is 60.7 Å². The minimum atomic E-state index is -3.56. The molecule has 3 rings (SSSR count). The van der Waals surface area contributed by atoms with Crippen molar-refractivity contribution in [2.45, 2.75) is 39.5 Å². The fourth-order valence-corrected chi connectivity index (χ4v) is 4.76. The number of methoxy groups -OCH3 is 2. The van der Waals surface area contributed by atoms with Crippen molar-refractivity contribution in [3.8, 4) is 11.5 Å². The van der Waals surface area contributed by atoms with E-state index in [9.17, 15) is 13.2 Å². The molecule has 0 fully saturated rings. The van der Waals surface area contributed by atoms with E-state index in [4.69, 9.17) is 9.47 Å². The Morgan fingerprint density at radius 2 is 1.60 bits per heavy atom. The molecular weight excluding hydrogens is 464 g/mol. The third-order valence-electron chi connectivity index (χ3n) is 5.87. The van der Waals surface area contributed by atoms with Gasteiger partial charge >= 0.3 is 0 Å². The first-order valence-corrected chi connectivity index (χ1v) is 12.8. The van der Waals surface area contributed by atoms with Gasteiger partial charge in [-0.2, -0.15) is 0 Å². The molecule has 8 heteroatoms. The minimum Gasteiger partial charge on any atom is -0.497 e. The van der Waals surface area contributed by atoms with Gasteiger partial charge in [-0.3, -0.25) is 9.10 Å². The highest BCUT2D eigenvalue weighted by molar-refractivity contribution is 7.93. The quantitative estimate of drug-likeness (QED) is 0.434. The van der Waals surface area contributed by atoms with Gasteiger partial charge in [-0.1, -0.05) is 18.2 Å². The molecule has 1 N–H and O–H groups in total. The highest BCUT2D eigenvalue weighted by Crippen LogP contribution is 2.27. The van der Waals surface area contributed by atoms with Crippen LogP contribution < -0.4 is 19.1 Å². The average Bonchev–Trinajstić information content (AvgIpc) is 2.84. The largest absolute Gasteiger partial charge is 0.497 e. The Morgan fingerprint density at radius 3 is 2.17 bits per heavy atom. The molecule has 0 spiro atoms. The van der Waals surface area contributed by atoms with Gasteiger partial charge in [-0.05, 0) is 86.8 Å². The Morgan fingerprint density at radius 1 is 0.914 bits per heavy atom. The maximum Gasteiger partial charge on any atom is 0.259 e. The molecule has 0 atom stereocenters. The van der Waals surface area contributed by atoms with Crippen molar-refractivity contribution >= 4 is 27.3 Å². The molecule has 3 aromatic rings. The second kappa shape index (κ2) is 10.8. The van der Waals surface area contributed by atoms with Crippen molar-refractivity contribution in [2.24, 2.45) is 0 Å². The molecule has 0 aliphatic carbocycles. The third kappa shape index (κ3) is 5.95. The molecule has 0 bridgehead atoms. The van der Waals surface area contributed by atoms with Crippen LogP contribution in [-0.2, 0) is 16.6 Å². The van der Waals surface area contributed by atoms with Gasteiger partial charge in [0.15, 0.2) is 0 Å². The van der Waals surface area contributed by atoms with Gasteiger partial charge in [-0.15, -0.1) is 0 Å². The topological polar surface area (TPSA) is 84.9 Å². The van der Waals surface area contributed by atoms with E-state index < -0.39 is 15.3 Å². The van der Waals surface area contributed by atoms with E-state index in [1.54, 1.807) is 44.2 Å². The number of hydrogen-bond acceptors (Lipinski definition) is 5.